The molecule has 0 aliphatic rings. The van der Waals surface area contributed by atoms with Crippen LogP contribution in [0.5, 0.6) is 0 Å². The number of isocyanates is 1. The van der Waals surface area contributed by atoms with Crippen LogP contribution in [0.25, 0.3) is 0 Å². The maximum Gasteiger partial charge on any atom is 0.240 e. The van der Waals surface area contributed by atoms with Gasteiger partial charge in [0.1, 0.15) is 4.90 Å². The zero-order valence-corrected chi connectivity index (χ0v) is 10.2. The normalized spacial score (nSPS) is 11.0. The van der Waals surface area contributed by atoms with Crippen LogP contribution in [0.1, 0.15) is 11.1 Å². The summed E-state index contributed by atoms with van der Waals surface area (Å²) in [5, 5.41) is 5.04. The average Bonchev–Trinajstić information content (AvgIpc) is 2.17. The number of rotatable bonds is 2. The fraction of sp³-hybridized carbons (Fsp3) is 0.222. The van der Waals surface area contributed by atoms with E-state index in [0.29, 0.717) is 11.1 Å². The lowest BCUT2D eigenvalue weighted by Crippen LogP contribution is -2.13. The van der Waals surface area contributed by atoms with E-state index in [2.05, 4.69) is 4.99 Å². The highest BCUT2D eigenvalue weighted by Gasteiger charge is 2.18. The van der Waals surface area contributed by atoms with Crippen LogP contribution in [-0.4, -0.2) is 14.5 Å². The third-order valence-corrected chi connectivity index (χ3v) is 3.77. The first-order valence-corrected chi connectivity index (χ1v) is 6.12. The van der Waals surface area contributed by atoms with Crippen molar-refractivity contribution in [3.63, 3.8) is 0 Å². The summed E-state index contributed by atoms with van der Waals surface area (Å²) in [6.07, 6.45) is 1.35. The Morgan fingerprint density at radius 2 is 1.94 bits per heavy atom. The predicted molar refractivity (Wildman–Crippen MR) is 60.1 cm³/mol. The Morgan fingerprint density at radius 3 is 2.38 bits per heavy atom. The molecule has 0 unspecified atom stereocenters. The summed E-state index contributed by atoms with van der Waals surface area (Å²) in [5.74, 6) is 0. The first-order valence-electron chi connectivity index (χ1n) is 4.19. The molecule has 2 N–H and O–H groups in total. The smallest absolute Gasteiger partial charge is 0.225 e. The van der Waals surface area contributed by atoms with Crippen molar-refractivity contribution in [3.05, 3.63) is 22.2 Å². The highest BCUT2D eigenvalue weighted by molar-refractivity contribution is 7.89. The fourth-order valence-electron chi connectivity index (χ4n) is 1.21. The third-order valence-electron chi connectivity index (χ3n) is 2.23. The molecular formula is C9H9ClN2O3S. The molecule has 86 valence electrons. The van der Waals surface area contributed by atoms with Gasteiger partial charge in [0, 0.05) is 0 Å². The minimum absolute atomic E-state index is 0.0462. The first-order chi connectivity index (χ1) is 7.29. The number of hydrogen-bond acceptors (Lipinski definition) is 4. The summed E-state index contributed by atoms with van der Waals surface area (Å²) in [6, 6.07) is 1.16. The highest BCUT2D eigenvalue weighted by atomic mass is 35.5. The maximum absolute atomic E-state index is 11.2. The molecule has 0 aromatic heterocycles. The molecule has 16 heavy (non-hydrogen) atoms. The Hall–Kier alpha value is -1.20. The lowest BCUT2D eigenvalue weighted by atomic mass is 10.1. The molecule has 0 heterocycles. The van der Waals surface area contributed by atoms with E-state index in [9.17, 15) is 13.2 Å². The molecule has 1 aromatic carbocycles. The van der Waals surface area contributed by atoms with E-state index in [0.717, 1.165) is 6.07 Å². The minimum atomic E-state index is -3.94. The largest absolute Gasteiger partial charge is 0.240 e. The van der Waals surface area contributed by atoms with Gasteiger partial charge in [-0.25, -0.2) is 18.4 Å². The zero-order chi connectivity index (χ0) is 12.5. The van der Waals surface area contributed by atoms with Crippen molar-refractivity contribution in [3.8, 4) is 0 Å². The number of aliphatic imine (C=N–C) groups is 1. The summed E-state index contributed by atoms with van der Waals surface area (Å²) in [6.45, 7) is 3.29. The van der Waals surface area contributed by atoms with Crippen molar-refractivity contribution in [2.75, 3.05) is 0 Å². The van der Waals surface area contributed by atoms with Crippen LogP contribution in [0.4, 0.5) is 5.69 Å². The van der Waals surface area contributed by atoms with Crippen LogP contribution >= 0.6 is 11.6 Å². The summed E-state index contributed by atoms with van der Waals surface area (Å²) in [5.41, 5.74) is 1.32. The van der Waals surface area contributed by atoms with Gasteiger partial charge >= 0.3 is 0 Å². The summed E-state index contributed by atoms with van der Waals surface area (Å²) in [4.78, 5) is 13.3. The fourth-order valence-corrected chi connectivity index (χ4v) is 2.41. The minimum Gasteiger partial charge on any atom is -0.225 e. The Bertz CT molecular complexity index is 589. The van der Waals surface area contributed by atoms with E-state index >= 15 is 0 Å². The molecule has 7 heteroatoms. The van der Waals surface area contributed by atoms with Gasteiger partial charge in [0.2, 0.25) is 16.1 Å². The molecule has 1 aromatic rings. The number of hydrogen-bond donors (Lipinski definition) is 1. The number of nitrogens with two attached hydrogens (primary N) is 1. The monoisotopic (exact) mass is 260 g/mol. The highest BCUT2D eigenvalue weighted by Crippen LogP contribution is 2.33. The van der Waals surface area contributed by atoms with Gasteiger partial charge in [-0.1, -0.05) is 11.6 Å². The van der Waals surface area contributed by atoms with Crippen molar-refractivity contribution in [1.29, 1.82) is 0 Å². The van der Waals surface area contributed by atoms with Crippen LogP contribution < -0.4 is 5.14 Å². The van der Waals surface area contributed by atoms with E-state index in [-0.39, 0.29) is 15.6 Å². The van der Waals surface area contributed by atoms with Gasteiger partial charge in [-0.3, -0.25) is 0 Å². The molecule has 5 nitrogen and oxygen atoms in total. The molecule has 0 saturated heterocycles. The number of benzene rings is 1. The summed E-state index contributed by atoms with van der Waals surface area (Å²) < 4.78 is 22.5. The number of halogens is 1. The molecule has 0 amide bonds. The Balaban J connectivity index is 3.73. The van der Waals surface area contributed by atoms with E-state index in [1.54, 1.807) is 13.8 Å². The van der Waals surface area contributed by atoms with Crippen molar-refractivity contribution >= 4 is 33.4 Å². The number of carbonyl (C=O) groups excluding carboxylic acids is 1. The van der Waals surface area contributed by atoms with Crippen LogP contribution in [0, 0.1) is 13.8 Å². The van der Waals surface area contributed by atoms with Gasteiger partial charge < -0.3 is 0 Å². The summed E-state index contributed by atoms with van der Waals surface area (Å²) in [7, 11) is -3.94. The number of primary sulfonamides is 1. The second kappa shape index (κ2) is 4.35. The molecule has 0 atom stereocenters. The van der Waals surface area contributed by atoms with Gasteiger partial charge in [0.15, 0.2) is 0 Å². The first kappa shape index (κ1) is 12.9. The van der Waals surface area contributed by atoms with E-state index in [1.807, 2.05) is 0 Å². The maximum atomic E-state index is 11.2. The molecule has 0 spiro atoms. The second-order valence-electron chi connectivity index (χ2n) is 3.21. The van der Waals surface area contributed by atoms with Crippen LogP contribution in [0.2, 0.25) is 5.02 Å². The lowest BCUT2D eigenvalue weighted by Gasteiger charge is -2.09. The van der Waals surface area contributed by atoms with Gasteiger partial charge in [0.05, 0.1) is 10.7 Å². The Kier molecular flexibility index (Phi) is 3.50. The Morgan fingerprint density at radius 1 is 1.38 bits per heavy atom. The second-order valence-corrected chi connectivity index (χ2v) is 5.11. The van der Waals surface area contributed by atoms with Gasteiger partial charge in [-0.15, -0.1) is 0 Å². The topological polar surface area (TPSA) is 89.6 Å². The third kappa shape index (κ3) is 2.31. The van der Waals surface area contributed by atoms with Crippen LogP contribution in [-0.2, 0) is 14.8 Å². The molecule has 0 fully saturated rings. The number of nitrogens with zero attached hydrogens (tertiary/aromatic N) is 1. The molecule has 0 radical (unpaired) electrons. The number of sulfonamides is 1. The average molecular weight is 261 g/mol. The summed E-state index contributed by atoms with van der Waals surface area (Å²) >= 11 is 5.86. The van der Waals surface area contributed by atoms with Crippen LogP contribution in [0.15, 0.2) is 16.0 Å². The predicted octanol–water partition coefficient (Wildman–Crippen LogP) is 1.57. The van der Waals surface area contributed by atoms with E-state index in [1.165, 1.54) is 6.08 Å². The zero-order valence-electron chi connectivity index (χ0n) is 8.61. The molecule has 0 bridgehead atoms. The van der Waals surface area contributed by atoms with Gasteiger partial charge in [-0.2, -0.15) is 4.99 Å². The van der Waals surface area contributed by atoms with Crippen LogP contribution in [0.3, 0.4) is 0 Å². The van der Waals surface area contributed by atoms with Crippen molar-refractivity contribution in [1.82, 2.24) is 0 Å². The van der Waals surface area contributed by atoms with Gasteiger partial charge in [-0.05, 0) is 31.0 Å². The van der Waals surface area contributed by atoms with E-state index in [4.69, 9.17) is 16.7 Å². The standard InChI is InChI=1S/C9H9ClN2O3S/c1-5-6(2)9(10)8(16(11,14)15)3-7(5)12-4-13/h3H,1-2H3,(H2,11,14,15). The van der Waals surface area contributed by atoms with E-state index < -0.39 is 10.0 Å². The van der Waals surface area contributed by atoms with Crippen molar-refractivity contribution < 1.29 is 13.2 Å². The van der Waals surface area contributed by atoms with Crippen molar-refractivity contribution in [2.45, 2.75) is 18.7 Å². The quantitative estimate of drug-likeness (QED) is 0.646. The molecule has 0 aliphatic carbocycles. The molecule has 0 saturated carbocycles. The Labute approximate surface area is 98.0 Å². The molecule has 1 rings (SSSR count). The SMILES string of the molecule is Cc1c(N=C=O)cc(S(N)(=O)=O)c(Cl)c1C. The van der Waals surface area contributed by atoms with Gasteiger partial charge in [0.25, 0.3) is 0 Å². The van der Waals surface area contributed by atoms with Crippen molar-refractivity contribution in [2.24, 2.45) is 10.1 Å². The molecular weight excluding hydrogens is 252 g/mol. The lowest BCUT2D eigenvalue weighted by molar-refractivity contribution is 0.565. The molecule has 0 aliphatic heterocycles.